The van der Waals surface area contributed by atoms with Gasteiger partial charge in [0.15, 0.2) is 0 Å². The second-order valence-corrected chi connectivity index (χ2v) is 6.77. The molecule has 14 heavy (non-hydrogen) atoms. The molecule has 6 heteroatoms. The summed E-state index contributed by atoms with van der Waals surface area (Å²) in [5.74, 6) is 0. The molecule has 0 spiro atoms. The van der Waals surface area contributed by atoms with E-state index in [9.17, 15) is 0 Å². The first-order valence-electron chi connectivity index (χ1n) is 4.69. The Balaban J connectivity index is 0. The van der Waals surface area contributed by atoms with Crippen molar-refractivity contribution in [1.82, 2.24) is 5.32 Å². The van der Waals surface area contributed by atoms with E-state index in [0.717, 1.165) is 25.6 Å². The molecule has 4 nitrogen and oxygen atoms in total. The minimum atomic E-state index is -1.83. The average Bonchev–Trinajstić information content (AvgIpc) is 2.17. The summed E-state index contributed by atoms with van der Waals surface area (Å²) in [6.07, 6.45) is 1.09. The molecule has 0 heterocycles. The summed E-state index contributed by atoms with van der Waals surface area (Å²) in [5, 5.41) is 3.24. The molecule has 0 fully saturated rings. The van der Waals surface area contributed by atoms with Crippen molar-refractivity contribution < 1.29 is 8.85 Å². The predicted molar refractivity (Wildman–Crippen MR) is 68.3 cm³/mol. The minimum absolute atomic E-state index is 0. The van der Waals surface area contributed by atoms with E-state index in [0.29, 0.717) is 6.54 Å². The molecule has 0 aromatic heterocycles. The summed E-state index contributed by atoms with van der Waals surface area (Å²) < 4.78 is 10.7. The first kappa shape index (κ1) is 16.7. The van der Waals surface area contributed by atoms with Gasteiger partial charge in [0.1, 0.15) is 0 Å². The molecule has 0 bridgehead atoms. The summed E-state index contributed by atoms with van der Waals surface area (Å²) in [7, 11) is 1.62. The maximum Gasteiger partial charge on any atom is 0.334 e. The van der Waals surface area contributed by atoms with Gasteiger partial charge in [-0.25, -0.2) is 0 Å². The Morgan fingerprint density at radius 3 is 2.21 bits per heavy atom. The minimum Gasteiger partial charge on any atom is -0.398 e. The van der Waals surface area contributed by atoms with Crippen LogP contribution in [-0.2, 0) is 8.85 Å². The molecule has 0 aliphatic rings. The lowest BCUT2D eigenvalue weighted by Crippen LogP contribution is -2.37. The smallest absolute Gasteiger partial charge is 0.334 e. The van der Waals surface area contributed by atoms with Crippen molar-refractivity contribution in [1.29, 1.82) is 0 Å². The Kier molecular flexibility index (Phi) is 11.7. The Hall–Kier alpha value is 0.274. The molecule has 0 aromatic carbocycles. The molecule has 0 rings (SSSR count). The molecule has 0 aliphatic carbocycles. The molecule has 3 N–H and O–H groups in total. The first-order valence-corrected chi connectivity index (χ1v) is 7.22. The molecule has 88 valence electrons. The van der Waals surface area contributed by atoms with Gasteiger partial charge in [-0.2, -0.15) is 0 Å². The molecule has 0 unspecified atom stereocenters. The van der Waals surface area contributed by atoms with Crippen LogP contribution in [0.5, 0.6) is 0 Å². The van der Waals surface area contributed by atoms with Crippen LogP contribution in [0, 0.1) is 0 Å². The number of rotatable bonds is 8. The van der Waals surface area contributed by atoms with E-state index < -0.39 is 8.56 Å². The molecular formula is C8H26N2O2Si2. The van der Waals surface area contributed by atoms with E-state index in [1.54, 1.807) is 14.2 Å². The maximum atomic E-state index is 5.36. The predicted octanol–water partition coefficient (Wildman–Crippen LogP) is -1.16. The van der Waals surface area contributed by atoms with E-state index in [-0.39, 0.29) is 11.0 Å². The molecule has 0 aliphatic heterocycles. The zero-order valence-electron chi connectivity index (χ0n) is 8.93. The van der Waals surface area contributed by atoms with Gasteiger partial charge in [-0.1, -0.05) is 0 Å². The van der Waals surface area contributed by atoms with Gasteiger partial charge in [-0.05, 0) is 36.5 Å². The Morgan fingerprint density at radius 2 is 1.79 bits per heavy atom. The summed E-state index contributed by atoms with van der Waals surface area (Å²) in [6.45, 7) is 4.66. The van der Waals surface area contributed by atoms with Crippen molar-refractivity contribution in [2.24, 2.45) is 5.73 Å². The van der Waals surface area contributed by atoms with Crippen LogP contribution in [0.1, 0.15) is 6.42 Å². The van der Waals surface area contributed by atoms with Crippen LogP contribution < -0.4 is 11.1 Å². The van der Waals surface area contributed by atoms with E-state index >= 15 is 0 Å². The molecule has 0 aromatic rings. The molecule has 0 saturated carbocycles. The Bertz CT molecular complexity index is 124. The normalized spacial score (nSPS) is 11.1. The van der Waals surface area contributed by atoms with Crippen LogP contribution in [0.2, 0.25) is 12.6 Å². The zero-order chi connectivity index (χ0) is 10.2. The number of nitrogens with one attached hydrogen (secondary N) is 1. The zero-order valence-corrected chi connectivity index (χ0v) is 9.93. The van der Waals surface area contributed by atoms with Gasteiger partial charge in [0, 0.05) is 27.3 Å². The molecule has 0 radical (unpaired) electrons. The highest BCUT2D eigenvalue weighted by Gasteiger charge is 2.27. The van der Waals surface area contributed by atoms with Crippen molar-refractivity contribution in [3.63, 3.8) is 0 Å². The maximum absolute atomic E-state index is 5.36. The van der Waals surface area contributed by atoms with Crippen molar-refractivity contribution in [2.75, 3.05) is 33.9 Å². The summed E-state index contributed by atoms with van der Waals surface area (Å²) >= 11 is 0. The van der Waals surface area contributed by atoms with Gasteiger partial charge < -0.3 is 19.9 Å². The van der Waals surface area contributed by atoms with Gasteiger partial charge in [-0.3, -0.25) is 0 Å². The third kappa shape index (κ3) is 7.66. The lowest BCUT2D eigenvalue weighted by Gasteiger charge is -2.22. The average molecular weight is 238 g/mol. The van der Waals surface area contributed by atoms with Crippen molar-refractivity contribution in [2.45, 2.75) is 19.0 Å². The second kappa shape index (κ2) is 9.81. The van der Waals surface area contributed by atoms with Crippen molar-refractivity contribution in [3.8, 4) is 0 Å². The third-order valence-corrected chi connectivity index (χ3v) is 5.16. The van der Waals surface area contributed by atoms with Gasteiger partial charge in [0.05, 0.1) is 0 Å². The van der Waals surface area contributed by atoms with Crippen molar-refractivity contribution in [3.05, 3.63) is 0 Å². The molecule has 0 atom stereocenters. The summed E-state index contributed by atoms with van der Waals surface area (Å²) in [6, 6.07) is 1.03. The van der Waals surface area contributed by atoms with E-state index in [1.807, 2.05) is 0 Å². The Labute approximate surface area is 92.8 Å². The first-order chi connectivity index (χ1) is 6.18. The van der Waals surface area contributed by atoms with Crippen LogP contribution in [0.4, 0.5) is 0 Å². The van der Waals surface area contributed by atoms with E-state index in [1.165, 1.54) is 0 Å². The number of hydrogen-bond acceptors (Lipinski definition) is 4. The van der Waals surface area contributed by atoms with Gasteiger partial charge in [0.2, 0.25) is 0 Å². The fourth-order valence-electron chi connectivity index (χ4n) is 1.05. The van der Waals surface area contributed by atoms with E-state index in [4.69, 9.17) is 14.6 Å². The third-order valence-electron chi connectivity index (χ3n) is 2.17. The fourth-order valence-corrected chi connectivity index (χ4v) is 2.44. The van der Waals surface area contributed by atoms with Gasteiger partial charge >= 0.3 is 8.56 Å². The fraction of sp³-hybridized carbons (Fsp3) is 1.00. The highest BCUT2D eigenvalue weighted by Crippen LogP contribution is 2.12. The lowest BCUT2D eigenvalue weighted by atomic mass is 10.5. The second-order valence-electron chi connectivity index (χ2n) is 3.18. The van der Waals surface area contributed by atoms with Crippen LogP contribution in [0.25, 0.3) is 0 Å². The standard InChI is InChI=1S/C8H22N2O2Si.H4Si/c1-11-13(3,12-2)8-4-6-10-7-5-9;/h10H,4-9H2,1-3H3;1H4. The molecular weight excluding hydrogens is 212 g/mol. The van der Waals surface area contributed by atoms with Crippen LogP contribution in [-0.4, -0.2) is 53.4 Å². The quantitative estimate of drug-likeness (QED) is 0.414. The molecule has 0 saturated heterocycles. The van der Waals surface area contributed by atoms with Gasteiger partial charge in [0.25, 0.3) is 0 Å². The summed E-state index contributed by atoms with van der Waals surface area (Å²) in [5.41, 5.74) is 5.35. The highest BCUT2D eigenvalue weighted by molar-refractivity contribution is 6.65. The number of hydrogen-bond donors (Lipinski definition) is 2. The summed E-state index contributed by atoms with van der Waals surface area (Å²) in [4.78, 5) is 0. The van der Waals surface area contributed by atoms with Gasteiger partial charge in [-0.15, -0.1) is 0 Å². The lowest BCUT2D eigenvalue weighted by molar-refractivity contribution is 0.248. The van der Waals surface area contributed by atoms with Crippen LogP contribution >= 0.6 is 0 Å². The van der Waals surface area contributed by atoms with Crippen molar-refractivity contribution >= 4 is 19.5 Å². The van der Waals surface area contributed by atoms with Crippen LogP contribution in [0.3, 0.4) is 0 Å². The highest BCUT2D eigenvalue weighted by atomic mass is 28.4. The monoisotopic (exact) mass is 238 g/mol. The Morgan fingerprint density at radius 1 is 1.21 bits per heavy atom. The topological polar surface area (TPSA) is 56.5 Å². The SMILES string of the molecule is CO[Si](C)(CCCNCCN)OC.[SiH4]. The van der Waals surface area contributed by atoms with E-state index in [2.05, 4.69) is 11.9 Å². The van der Waals surface area contributed by atoms with Crippen LogP contribution in [0.15, 0.2) is 0 Å². The molecule has 0 amide bonds. The number of nitrogens with two attached hydrogens (primary N) is 1. The largest absolute Gasteiger partial charge is 0.398 e.